The average molecular weight is 519 g/mol. The van der Waals surface area contributed by atoms with Gasteiger partial charge in [0.15, 0.2) is 0 Å². The average Bonchev–Trinajstić information content (AvgIpc) is 3.63. The molecule has 0 aliphatic rings. The zero-order chi connectivity index (χ0) is 27.7. The molecule has 0 aliphatic carbocycles. The summed E-state index contributed by atoms with van der Waals surface area (Å²) < 4.78 is 18.6. The minimum Gasteiger partial charge on any atom is -0.465 e. The number of esters is 4. The normalized spacial score (nSPS) is 10.0. The molecule has 2 aromatic carbocycles. The molecule has 4 aromatic rings. The second kappa shape index (κ2) is 12.7. The van der Waals surface area contributed by atoms with Crippen molar-refractivity contribution in [3.05, 3.63) is 95.3 Å². The second-order valence-electron chi connectivity index (χ2n) is 7.64. The summed E-state index contributed by atoms with van der Waals surface area (Å²) in [6.45, 7) is 0. The van der Waals surface area contributed by atoms with Gasteiger partial charge in [0.2, 0.25) is 0 Å². The summed E-state index contributed by atoms with van der Waals surface area (Å²) in [7, 11) is 5.04. The van der Waals surface area contributed by atoms with Gasteiger partial charge in [-0.25, -0.2) is 19.2 Å². The summed E-state index contributed by atoms with van der Waals surface area (Å²) in [6.07, 6.45) is 0. The van der Waals surface area contributed by atoms with Crippen LogP contribution in [-0.2, 0) is 18.9 Å². The summed E-state index contributed by atoms with van der Waals surface area (Å²) >= 11 is 0. The van der Waals surface area contributed by atoms with Crippen LogP contribution in [0, 0.1) is 0 Å². The van der Waals surface area contributed by atoms with Crippen molar-refractivity contribution in [3.63, 3.8) is 0 Å². The number of ether oxygens (including phenoxy) is 4. The lowest BCUT2D eigenvalue weighted by atomic mass is 10.1. The maximum absolute atomic E-state index is 11.6. The Kier molecular flexibility index (Phi) is 9.20. The third-order valence-electron chi connectivity index (χ3n) is 5.39. The van der Waals surface area contributed by atoms with Gasteiger partial charge in [-0.1, -0.05) is 60.7 Å². The maximum atomic E-state index is 11.6. The summed E-state index contributed by atoms with van der Waals surface area (Å²) in [6, 6.07) is 21.9. The molecule has 10 nitrogen and oxygen atoms in total. The topological polar surface area (TPSA) is 137 Å². The monoisotopic (exact) mass is 518 g/mol. The molecule has 0 amide bonds. The number of H-pyrrole nitrogens is 2. The number of nitrogens with one attached hydrogen (secondary N) is 2. The molecule has 38 heavy (non-hydrogen) atoms. The van der Waals surface area contributed by atoms with E-state index in [1.165, 1.54) is 28.4 Å². The van der Waals surface area contributed by atoms with Crippen molar-refractivity contribution in [1.29, 1.82) is 0 Å². The summed E-state index contributed by atoms with van der Waals surface area (Å²) in [5, 5.41) is 0. The molecule has 0 radical (unpaired) electrons. The highest BCUT2D eigenvalue weighted by atomic mass is 16.5. The summed E-state index contributed by atoms with van der Waals surface area (Å²) in [5.41, 5.74) is 3.54. The van der Waals surface area contributed by atoms with Crippen molar-refractivity contribution in [2.75, 3.05) is 28.4 Å². The lowest BCUT2D eigenvalue weighted by Crippen LogP contribution is -2.10. The number of methoxy groups -OCH3 is 4. The van der Waals surface area contributed by atoms with E-state index in [0.717, 1.165) is 11.1 Å². The van der Waals surface area contributed by atoms with Crippen LogP contribution in [0.3, 0.4) is 0 Å². The number of aromatic nitrogens is 2. The van der Waals surface area contributed by atoms with Crippen LogP contribution in [0.1, 0.15) is 41.7 Å². The third-order valence-corrected chi connectivity index (χ3v) is 5.39. The Hall–Kier alpha value is -5.12. The zero-order valence-corrected chi connectivity index (χ0v) is 21.2. The molecule has 0 saturated carbocycles. The molecule has 0 spiro atoms. The van der Waals surface area contributed by atoms with Gasteiger partial charge in [-0.2, -0.15) is 0 Å². The van der Waals surface area contributed by atoms with Crippen LogP contribution in [0.5, 0.6) is 0 Å². The molecule has 4 rings (SSSR count). The van der Waals surface area contributed by atoms with Gasteiger partial charge < -0.3 is 28.9 Å². The fourth-order valence-electron chi connectivity index (χ4n) is 3.52. The van der Waals surface area contributed by atoms with E-state index in [9.17, 15) is 19.2 Å². The van der Waals surface area contributed by atoms with E-state index in [0.29, 0.717) is 11.4 Å². The molecule has 0 bridgehead atoms. The molecule has 0 unspecified atom stereocenters. The Labute approximate surface area is 218 Å². The van der Waals surface area contributed by atoms with Gasteiger partial charge in [-0.05, 0) is 23.3 Å². The summed E-state index contributed by atoms with van der Waals surface area (Å²) in [4.78, 5) is 52.4. The molecule has 0 atom stereocenters. The van der Waals surface area contributed by atoms with Crippen molar-refractivity contribution in [2.24, 2.45) is 0 Å². The fraction of sp³-hybridized carbons (Fsp3) is 0.143. The Balaban J connectivity index is 0.000000211. The van der Waals surface area contributed by atoms with Gasteiger partial charge >= 0.3 is 23.9 Å². The first-order valence-electron chi connectivity index (χ1n) is 11.2. The number of benzene rings is 2. The number of carbonyl (C=O) groups excluding carboxylic acids is 4. The highest BCUT2D eigenvalue weighted by molar-refractivity contribution is 6.04. The number of hydrogen-bond donors (Lipinski definition) is 2. The van der Waals surface area contributed by atoms with Crippen LogP contribution in [0.2, 0.25) is 0 Å². The van der Waals surface area contributed by atoms with Gasteiger partial charge in [0.1, 0.15) is 11.4 Å². The minimum absolute atomic E-state index is 0.0909. The molecule has 0 fully saturated rings. The third kappa shape index (κ3) is 6.16. The van der Waals surface area contributed by atoms with Crippen LogP contribution in [0.15, 0.2) is 72.8 Å². The molecule has 196 valence electrons. The van der Waals surface area contributed by atoms with E-state index < -0.39 is 23.9 Å². The molecular formula is C28H26N2O8. The van der Waals surface area contributed by atoms with E-state index >= 15 is 0 Å². The van der Waals surface area contributed by atoms with E-state index in [4.69, 9.17) is 0 Å². The van der Waals surface area contributed by atoms with Gasteiger partial charge in [-0.3, -0.25) is 0 Å². The van der Waals surface area contributed by atoms with Crippen molar-refractivity contribution in [1.82, 2.24) is 9.97 Å². The van der Waals surface area contributed by atoms with Crippen LogP contribution >= 0.6 is 0 Å². The Morgan fingerprint density at radius 1 is 0.500 bits per heavy atom. The van der Waals surface area contributed by atoms with Crippen molar-refractivity contribution < 1.29 is 38.1 Å². The van der Waals surface area contributed by atoms with Crippen LogP contribution < -0.4 is 0 Å². The van der Waals surface area contributed by atoms with Gasteiger partial charge in [-0.15, -0.1) is 0 Å². The first-order valence-corrected chi connectivity index (χ1v) is 11.2. The lowest BCUT2D eigenvalue weighted by molar-refractivity contribution is 0.0552. The van der Waals surface area contributed by atoms with Gasteiger partial charge in [0.25, 0.3) is 0 Å². The summed E-state index contributed by atoms with van der Waals surface area (Å²) in [5.74, 6) is -2.39. The first kappa shape index (κ1) is 27.5. The standard InChI is InChI=1S/2C14H13NO4/c2*1-18-13(16)10-8-11(9-6-4-3-5-7-9)15-12(10)14(17)19-2/h2*3-8,15H,1-2H3. The lowest BCUT2D eigenvalue weighted by Gasteiger charge is -1.99. The number of rotatable bonds is 6. The van der Waals surface area contributed by atoms with E-state index in [1.807, 2.05) is 60.7 Å². The van der Waals surface area contributed by atoms with Crippen molar-refractivity contribution in [3.8, 4) is 22.5 Å². The molecular weight excluding hydrogens is 492 g/mol. The number of carbonyl (C=O) groups is 4. The SMILES string of the molecule is COC(=O)c1cc(-c2ccccc2)[nH]c1C(=O)OC.COC(=O)c1cc(-c2ccccc2)[nH]c1C(=O)OC. The molecule has 2 heterocycles. The highest BCUT2D eigenvalue weighted by Crippen LogP contribution is 2.24. The fourth-order valence-corrected chi connectivity index (χ4v) is 3.52. The number of hydrogen-bond acceptors (Lipinski definition) is 8. The smallest absolute Gasteiger partial charge is 0.355 e. The van der Waals surface area contributed by atoms with E-state index in [-0.39, 0.29) is 22.5 Å². The quantitative estimate of drug-likeness (QED) is 0.281. The van der Waals surface area contributed by atoms with Crippen molar-refractivity contribution in [2.45, 2.75) is 0 Å². The Morgan fingerprint density at radius 2 is 0.816 bits per heavy atom. The van der Waals surface area contributed by atoms with Gasteiger partial charge in [0.05, 0.1) is 39.6 Å². The predicted molar refractivity (Wildman–Crippen MR) is 138 cm³/mol. The zero-order valence-electron chi connectivity index (χ0n) is 21.2. The highest BCUT2D eigenvalue weighted by Gasteiger charge is 2.23. The molecule has 0 aliphatic heterocycles. The molecule has 2 N–H and O–H groups in total. The molecule has 10 heteroatoms. The first-order chi connectivity index (χ1) is 18.3. The van der Waals surface area contributed by atoms with Gasteiger partial charge in [0, 0.05) is 11.4 Å². The van der Waals surface area contributed by atoms with E-state index in [1.54, 1.807) is 12.1 Å². The largest absolute Gasteiger partial charge is 0.465 e. The maximum Gasteiger partial charge on any atom is 0.355 e. The van der Waals surface area contributed by atoms with Crippen molar-refractivity contribution >= 4 is 23.9 Å². The Morgan fingerprint density at radius 3 is 1.11 bits per heavy atom. The van der Waals surface area contributed by atoms with Crippen LogP contribution in [0.4, 0.5) is 0 Å². The molecule has 2 aromatic heterocycles. The molecule has 0 saturated heterocycles. The van der Waals surface area contributed by atoms with Crippen LogP contribution in [0.25, 0.3) is 22.5 Å². The van der Waals surface area contributed by atoms with Crippen LogP contribution in [-0.4, -0.2) is 62.3 Å². The predicted octanol–water partition coefficient (Wildman–Crippen LogP) is 4.51. The Bertz CT molecular complexity index is 1250. The van der Waals surface area contributed by atoms with E-state index in [2.05, 4.69) is 28.9 Å². The number of aromatic amines is 2. The minimum atomic E-state index is -0.609. The second-order valence-corrected chi connectivity index (χ2v) is 7.64.